The second-order valence-corrected chi connectivity index (χ2v) is 6.25. The molecule has 3 heteroatoms. The third-order valence-electron chi connectivity index (χ3n) is 4.16. The lowest BCUT2D eigenvalue weighted by atomic mass is 9.89. The van der Waals surface area contributed by atoms with Crippen LogP contribution in [0.1, 0.15) is 57.0 Å². The monoisotopic (exact) mass is 278 g/mol. The van der Waals surface area contributed by atoms with Gasteiger partial charge in [0, 0.05) is 6.54 Å². The summed E-state index contributed by atoms with van der Waals surface area (Å²) in [6, 6.07) is 4.23. The zero-order valence-electron chi connectivity index (χ0n) is 13.2. The van der Waals surface area contributed by atoms with Gasteiger partial charge in [-0.25, -0.2) is 0 Å². The lowest BCUT2D eigenvalue weighted by Gasteiger charge is -2.26. The number of rotatable bonds is 8. The van der Waals surface area contributed by atoms with Gasteiger partial charge in [0.1, 0.15) is 11.5 Å². The van der Waals surface area contributed by atoms with Gasteiger partial charge in [-0.05, 0) is 50.9 Å². The molecule has 3 nitrogen and oxygen atoms in total. The molecule has 1 aliphatic rings. The average Bonchev–Trinajstić information content (AvgIpc) is 2.87. The van der Waals surface area contributed by atoms with Crippen LogP contribution in [0, 0.1) is 5.92 Å². The topological polar surface area (TPSA) is 28.4 Å². The fourth-order valence-electron chi connectivity index (χ4n) is 3.13. The Labute approximate surface area is 123 Å². The van der Waals surface area contributed by atoms with Crippen molar-refractivity contribution in [3.05, 3.63) is 23.7 Å². The van der Waals surface area contributed by atoms with E-state index < -0.39 is 0 Å². The summed E-state index contributed by atoms with van der Waals surface area (Å²) in [4.78, 5) is 2.41. The highest BCUT2D eigenvalue weighted by atomic mass is 16.3. The van der Waals surface area contributed by atoms with E-state index in [4.69, 9.17) is 4.42 Å². The van der Waals surface area contributed by atoms with Gasteiger partial charge in [-0.3, -0.25) is 4.90 Å². The Morgan fingerprint density at radius 1 is 1.20 bits per heavy atom. The Bertz CT molecular complexity index is 369. The van der Waals surface area contributed by atoms with Crippen LogP contribution >= 0.6 is 0 Å². The van der Waals surface area contributed by atoms with Gasteiger partial charge in [-0.2, -0.15) is 0 Å². The van der Waals surface area contributed by atoms with Gasteiger partial charge in [-0.1, -0.05) is 26.2 Å². The van der Waals surface area contributed by atoms with Crippen molar-refractivity contribution in [3.8, 4) is 0 Å². The molecular weight excluding hydrogens is 248 g/mol. The van der Waals surface area contributed by atoms with Crippen LogP contribution in [0.25, 0.3) is 0 Å². The van der Waals surface area contributed by atoms with Crippen molar-refractivity contribution in [2.24, 2.45) is 5.92 Å². The summed E-state index contributed by atoms with van der Waals surface area (Å²) in [5, 5.41) is 3.38. The molecule has 0 aliphatic heterocycles. The molecule has 1 aliphatic carbocycles. The van der Waals surface area contributed by atoms with Crippen LogP contribution in [-0.4, -0.2) is 25.0 Å². The van der Waals surface area contributed by atoms with Crippen LogP contribution in [0.2, 0.25) is 0 Å². The van der Waals surface area contributed by atoms with Crippen molar-refractivity contribution in [1.29, 1.82) is 0 Å². The van der Waals surface area contributed by atoms with Gasteiger partial charge in [-0.15, -0.1) is 0 Å². The summed E-state index contributed by atoms with van der Waals surface area (Å²) >= 11 is 0. The maximum Gasteiger partial charge on any atom is 0.118 e. The van der Waals surface area contributed by atoms with Gasteiger partial charge in [0.25, 0.3) is 0 Å². The normalized spacial score (nSPS) is 16.9. The summed E-state index contributed by atoms with van der Waals surface area (Å²) in [6.45, 7) is 6.23. The first kappa shape index (κ1) is 15.6. The third-order valence-corrected chi connectivity index (χ3v) is 4.16. The first-order chi connectivity index (χ1) is 9.78. The molecule has 1 fully saturated rings. The molecule has 0 unspecified atom stereocenters. The minimum Gasteiger partial charge on any atom is -0.463 e. The first-order valence-corrected chi connectivity index (χ1v) is 8.24. The predicted octanol–water partition coefficient (Wildman–Crippen LogP) is 3.79. The highest BCUT2D eigenvalue weighted by molar-refractivity contribution is 5.07. The molecule has 1 N–H and O–H groups in total. The van der Waals surface area contributed by atoms with Crippen molar-refractivity contribution < 1.29 is 4.42 Å². The van der Waals surface area contributed by atoms with Crippen molar-refractivity contribution in [2.75, 3.05) is 20.1 Å². The largest absolute Gasteiger partial charge is 0.463 e. The van der Waals surface area contributed by atoms with Crippen molar-refractivity contribution >= 4 is 0 Å². The summed E-state index contributed by atoms with van der Waals surface area (Å²) in [7, 11) is 2.21. The average molecular weight is 278 g/mol. The molecule has 1 saturated carbocycles. The molecule has 0 radical (unpaired) electrons. The highest BCUT2D eigenvalue weighted by Crippen LogP contribution is 2.24. The molecule has 1 aromatic rings. The molecule has 0 saturated heterocycles. The van der Waals surface area contributed by atoms with Crippen molar-refractivity contribution in [3.63, 3.8) is 0 Å². The Morgan fingerprint density at radius 3 is 2.70 bits per heavy atom. The molecule has 20 heavy (non-hydrogen) atoms. The molecule has 0 spiro atoms. The second kappa shape index (κ2) is 8.48. The standard InChI is InChI=1S/C17H30N2O/c1-3-11-18-12-16-9-10-17(20-16)14-19(2)13-15-7-5-4-6-8-15/h9-10,15,18H,3-8,11-14H2,1-2H3. The molecule has 0 amide bonds. The molecule has 1 aromatic heterocycles. The van der Waals surface area contributed by atoms with Crippen LogP contribution in [0.4, 0.5) is 0 Å². The lowest BCUT2D eigenvalue weighted by molar-refractivity contribution is 0.214. The van der Waals surface area contributed by atoms with Crippen LogP contribution in [0.5, 0.6) is 0 Å². The zero-order chi connectivity index (χ0) is 14.2. The van der Waals surface area contributed by atoms with Crippen molar-refractivity contribution in [2.45, 2.75) is 58.5 Å². The van der Waals surface area contributed by atoms with Crippen LogP contribution < -0.4 is 5.32 Å². The van der Waals surface area contributed by atoms with Crippen molar-refractivity contribution in [1.82, 2.24) is 10.2 Å². The molecule has 0 aromatic carbocycles. The van der Waals surface area contributed by atoms with E-state index in [0.29, 0.717) is 0 Å². The smallest absolute Gasteiger partial charge is 0.118 e. The number of nitrogens with zero attached hydrogens (tertiary/aromatic N) is 1. The van der Waals surface area contributed by atoms with E-state index in [1.165, 1.54) is 38.6 Å². The van der Waals surface area contributed by atoms with E-state index in [1.807, 2.05) is 0 Å². The van der Waals surface area contributed by atoms with Gasteiger partial charge in [0.2, 0.25) is 0 Å². The minimum atomic E-state index is 0.847. The lowest BCUT2D eigenvalue weighted by Crippen LogP contribution is -2.26. The second-order valence-electron chi connectivity index (χ2n) is 6.25. The predicted molar refractivity (Wildman–Crippen MR) is 83.6 cm³/mol. The van der Waals surface area contributed by atoms with E-state index >= 15 is 0 Å². The third kappa shape index (κ3) is 5.29. The van der Waals surface area contributed by atoms with Gasteiger partial charge < -0.3 is 9.73 Å². The maximum absolute atomic E-state index is 5.89. The van der Waals surface area contributed by atoms with E-state index in [-0.39, 0.29) is 0 Å². The zero-order valence-corrected chi connectivity index (χ0v) is 13.2. The molecule has 2 rings (SSSR count). The first-order valence-electron chi connectivity index (χ1n) is 8.24. The van der Waals surface area contributed by atoms with E-state index in [2.05, 4.69) is 36.3 Å². The molecule has 0 bridgehead atoms. The maximum atomic E-state index is 5.89. The van der Waals surface area contributed by atoms with E-state index in [1.54, 1.807) is 0 Å². The Morgan fingerprint density at radius 2 is 1.95 bits per heavy atom. The van der Waals surface area contributed by atoms with E-state index in [0.717, 1.165) is 43.5 Å². The molecule has 1 heterocycles. The van der Waals surface area contributed by atoms with Crippen LogP contribution in [0.3, 0.4) is 0 Å². The fourth-order valence-corrected chi connectivity index (χ4v) is 3.13. The van der Waals surface area contributed by atoms with Crippen LogP contribution in [0.15, 0.2) is 16.5 Å². The van der Waals surface area contributed by atoms with E-state index in [9.17, 15) is 0 Å². The fraction of sp³-hybridized carbons (Fsp3) is 0.765. The molecular formula is C17H30N2O. The molecule has 0 atom stereocenters. The van der Waals surface area contributed by atoms with Gasteiger partial charge in [0.15, 0.2) is 0 Å². The van der Waals surface area contributed by atoms with Gasteiger partial charge in [0.05, 0.1) is 13.1 Å². The Hall–Kier alpha value is -0.800. The summed E-state index contributed by atoms with van der Waals surface area (Å²) in [5.41, 5.74) is 0. The Kier molecular flexibility index (Phi) is 6.61. The number of furan rings is 1. The highest BCUT2D eigenvalue weighted by Gasteiger charge is 2.16. The molecule has 114 valence electrons. The number of nitrogens with one attached hydrogen (secondary N) is 1. The number of hydrogen-bond donors (Lipinski definition) is 1. The Balaban J connectivity index is 1.71. The SMILES string of the molecule is CCCNCc1ccc(CN(C)CC2CCCCC2)o1. The summed E-state index contributed by atoms with van der Waals surface area (Å²) in [6.07, 6.45) is 8.27. The minimum absolute atomic E-state index is 0.847. The summed E-state index contributed by atoms with van der Waals surface area (Å²) < 4.78 is 5.89. The number of hydrogen-bond acceptors (Lipinski definition) is 3. The van der Waals surface area contributed by atoms with Crippen LogP contribution in [-0.2, 0) is 13.1 Å². The van der Waals surface area contributed by atoms with Gasteiger partial charge >= 0.3 is 0 Å². The quantitative estimate of drug-likeness (QED) is 0.733. The summed E-state index contributed by atoms with van der Waals surface area (Å²) in [5.74, 6) is 3.05.